The molecule has 0 fully saturated rings. The summed E-state index contributed by atoms with van der Waals surface area (Å²) in [7, 11) is 2.97. The number of esters is 1. The molecule has 160 valence electrons. The molecular weight excluding hydrogens is 414 g/mol. The number of carbonyl (C=O) groups is 1. The summed E-state index contributed by atoms with van der Waals surface area (Å²) < 4.78 is 11.8. The van der Waals surface area contributed by atoms with E-state index in [1.165, 1.54) is 11.8 Å². The monoisotopic (exact) mass is 433 g/mol. The van der Waals surface area contributed by atoms with Crippen molar-refractivity contribution in [3.63, 3.8) is 0 Å². The van der Waals surface area contributed by atoms with E-state index in [9.17, 15) is 9.59 Å². The first kappa shape index (κ1) is 20.3. The first-order valence-corrected chi connectivity index (χ1v) is 10.4. The van der Waals surface area contributed by atoms with Crippen molar-refractivity contribution in [3.05, 3.63) is 106 Å². The van der Waals surface area contributed by atoms with Crippen molar-refractivity contribution in [3.8, 4) is 23.0 Å². The van der Waals surface area contributed by atoms with Gasteiger partial charge in [-0.3, -0.25) is 4.79 Å². The number of fused-ring (bicyclic) bond motifs is 3. The molecule has 0 spiro atoms. The predicted octanol–water partition coefficient (Wildman–Crippen LogP) is 5.14. The van der Waals surface area contributed by atoms with Crippen LogP contribution in [0.1, 0.15) is 21.5 Å². The largest absolute Gasteiger partial charge is 0.465 e. The number of ether oxygens (including phenoxy) is 1. The molecule has 1 heterocycles. The van der Waals surface area contributed by atoms with Crippen molar-refractivity contribution in [2.45, 2.75) is 0 Å². The van der Waals surface area contributed by atoms with Crippen LogP contribution in [0.4, 0.5) is 0 Å². The number of aryl methyl sites for hydroxylation is 1. The zero-order valence-corrected chi connectivity index (χ0v) is 18.1. The summed E-state index contributed by atoms with van der Waals surface area (Å²) in [4.78, 5) is 24.5. The Morgan fingerprint density at radius 3 is 2.33 bits per heavy atom. The van der Waals surface area contributed by atoms with E-state index in [1.54, 1.807) is 25.2 Å². The third-order valence-corrected chi connectivity index (χ3v) is 5.61. The molecule has 0 atom stereocenters. The number of rotatable bonds is 2. The molecule has 0 radical (unpaired) electrons. The number of nitrogens with zero attached hydrogens (tertiary/aromatic N) is 1. The van der Waals surface area contributed by atoms with E-state index in [-0.39, 0.29) is 5.56 Å². The fourth-order valence-corrected chi connectivity index (χ4v) is 3.95. The summed E-state index contributed by atoms with van der Waals surface area (Å²) in [6, 6.07) is 24.7. The summed E-state index contributed by atoms with van der Waals surface area (Å²) in [5, 5.41) is 2.45. The molecule has 0 aliphatic carbocycles. The van der Waals surface area contributed by atoms with E-state index in [1.807, 2.05) is 60.7 Å². The fraction of sp³-hybridized carbons (Fsp3) is 0.0714. The van der Waals surface area contributed by atoms with Crippen LogP contribution < -0.4 is 5.56 Å². The maximum atomic E-state index is 12.5. The van der Waals surface area contributed by atoms with Crippen LogP contribution in [0.2, 0.25) is 0 Å². The van der Waals surface area contributed by atoms with Gasteiger partial charge < -0.3 is 9.26 Å². The Balaban J connectivity index is 1.57. The molecule has 0 N–H and O–H groups in total. The Kier molecular flexibility index (Phi) is 5.04. The van der Waals surface area contributed by atoms with Gasteiger partial charge in [-0.15, -0.1) is 0 Å². The van der Waals surface area contributed by atoms with Crippen LogP contribution in [0.25, 0.3) is 32.9 Å². The molecule has 0 unspecified atom stereocenters. The van der Waals surface area contributed by atoms with Crippen LogP contribution in [0, 0.1) is 11.8 Å². The average Bonchev–Trinajstić information content (AvgIpc) is 3.16. The topological polar surface area (TPSA) is 61.4 Å². The van der Waals surface area contributed by atoms with Gasteiger partial charge >= 0.3 is 5.97 Å². The smallest absolute Gasteiger partial charge is 0.339 e. The zero-order valence-electron chi connectivity index (χ0n) is 18.1. The van der Waals surface area contributed by atoms with Gasteiger partial charge in [-0.1, -0.05) is 60.4 Å². The van der Waals surface area contributed by atoms with E-state index >= 15 is 0 Å². The molecule has 0 amide bonds. The quantitative estimate of drug-likeness (QED) is 0.286. The lowest BCUT2D eigenvalue weighted by atomic mass is 9.95. The van der Waals surface area contributed by atoms with E-state index < -0.39 is 5.97 Å². The van der Waals surface area contributed by atoms with Crippen molar-refractivity contribution < 1.29 is 14.1 Å². The normalized spacial score (nSPS) is 10.7. The van der Waals surface area contributed by atoms with Crippen LogP contribution in [-0.2, 0) is 11.8 Å². The standard InChI is InChI=1S/C28H19NO4/c1-29-27(30)25-17-24(22-9-5-6-10-23(22)26(25)33-29)20-15-12-18(13-16-20)11-14-19-7-3-4-8-21(19)28(31)32-2/h3-10,12-13,15-17H,1-2H3. The summed E-state index contributed by atoms with van der Waals surface area (Å²) in [5.74, 6) is 5.76. The van der Waals surface area contributed by atoms with Crippen molar-refractivity contribution >= 4 is 27.7 Å². The van der Waals surface area contributed by atoms with Gasteiger partial charge in [-0.2, -0.15) is 4.74 Å². The third-order valence-electron chi connectivity index (χ3n) is 5.61. The first-order valence-electron chi connectivity index (χ1n) is 10.4. The summed E-state index contributed by atoms with van der Waals surface area (Å²) in [6.45, 7) is 0. The molecular formula is C28H19NO4. The summed E-state index contributed by atoms with van der Waals surface area (Å²) >= 11 is 0. The Labute approximate surface area is 189 Å². The Hall–Kier alpha value is -4.56. The number of methoxy groups -OCH3 is 1. The molecule has 5 aromatic rings. The highest BCUT2D eigenvalue weighted by Crippen LogP contribution is 2.34. The van der Waals surface area contributed by atoms with Crippen LogP contribution in [0.5, 0.6) is 0 Å². The second-order valence-corrected chi connectivity index (χ2v) is 7.60. The minimum atomic E-state index is -0.414. The van der Waals surface area contributed by atoms with Gasteiger partial charge in [0.2, 0.25) is 0 Å². The third kappa shape index (κ3) is 3.58. The van der Waals surface area contributed by atoms with Crippen molar-refractivity contribution in [2.24, 2.45) is 7.05 Å². The number of aromatic nitrogens is 1. The highest BCUT2D eigenvalue weighted by molar-refractivity contribution is 6.11. The lowest BCUT2D eigenvalue weighted by molar-refractivity contribution is 0.0600. The highest BCUT2D eigenvalue weighted by atomic mass is 16.5. The zero-order chi connectivity index (χ0) is 22.9. The summed E-state index contributed by atoms with van der Waals surface area (Å²) in [6.07, 6.45) is 0. The molecule has 4 aromatic carbocycles. The van der Waals surface area contributed by atoms with E-state index in [0.29, 0.717) is 22.1 Å². The maximum absolute atomic E-state index is 12.5. The minimum absolute atomic E-state index is 0.163. The van der Waals surface area contributed by atoms with Gasteiger partial charge in [0.25, 0.3) is 5.56 Å². The molecule has 0 aliphatic heterocycles. The van der Waals surface area contributed by atoms with Crippen LogP contribution in [-0.4, -0.2) is 17.8 Å². The predicted molar refractivity (Wildman–Crippen MR) is 128 cm³/mol. The second kappa shape index (κ2) is 8.18. The Bertz CT molecular complexity index is 1640. The maximum Gasteiger partial charge on any atom is 0.339 e. The van der Waals surface area contributed by atoms with Crippen LogP contribution in [0.3, 0.4) is 0 Å². The SMILES string of the molecule is COC(=O)c1ccccc1C#Cc1ccc(-c2cc3c(=O)n(C)oc3c3ccccc23)cc1. The van der Waals surface area contributed by atoms with E-state index in [4.69, 9.17) is 9.26 Å². The number of hydrogen-bond donors (Lipinski definition) is 0. The summed E-state index contributed by atoms with van der Waals surface area (Å²) in [5.41, 5.74) is 4.20. The van der Waals surface area contributed by atoms with Gasteiger partial charge in [-0.05, 0) is 46.8 Å². The minimum Gasteiger partial charge on any atom is -0.465 e. The lowest BCUT2D eigenvalue weighted by Gasteiger charge is -2.07. The molecule has 5 nitrogen and oxygen atoms in total. The molecule has 1 aromatic heterocycles. The van der Waals surface area contributed by atoms with Gasteiger partial charge in [0.1, 0.15) is 0 Å². The molecule has 0 aliphatic rings. The van der Waals surface area contributed by atoms with E-state index in [2.05, 4.69) is 11.8 Å². The van der Waals surface area contributed by atoms with Gasteiger partial charge in [-0.25, -0.2) is 4.79 Å². The van der Waals surface area contributed by atoms with Crippen molar-refractivity contribution in [1.29, 1.82) is 0 Å². The van der Waals surface area contributed by atoms with Gasteiger partial charge in [0, 0.05) is 23.6 Å². The molecule has 5 heteroatoms. The number of benzene rings is 4. The van der Waals surface area contributed by atoms with Crippen LogP contribution >= 0.6 is 0 Å². The van der Waals surface area contributed by atoms with E-state index in [0.717, 1.165) is 27.5 Å². The molecule has 0 saturated carbocycles. The molecule has 33 heavy (non-hydrogen) atoms. The lowest BCUT2D eigenvalue weighted by Crippen LogP contribution is -2.08. The average molecular weight is 433 g/mol. The van der Waals surface area contributed by atoms with Gasteiger partial charge in [0.15, 0.2) is 5.58 Å². The number of hydrogen-bond acceptors (Lipinski definition) is 4. The molecule has 0 bridgehead atoms. The molecule has 5 rings (SSSR count). The Morgan fingerprint density at radius 1 is 0.879 bits per heavy atom. The molecule has 0 saturated heterocycles. The number of carbonyl (C=O) groups excluding carboxylic acids is 1. The van der Waals surface area contributed by atoms with Gasteiger partial charge in [0.05, 0.1) is 18.1 Å². The van der Waals surface area contributed by atoms with Crippen LogP contribution in [0.15, 0.2) is 88.2 Å². The van der Waals surface area contributed by atoms with Crippen molar-refractivity contribution in [1.82, 2.24) is 4.74 Å². The second-order valence-electron chi connectivity index (χ2n) is 7.60. The fourth-order valence-electron chi connectivity index (χ4n) is 3.95. The van der Waals surface area contributed by atoms with Crippen molar-refractivity contribution in [2.75, 3.05) is 7.11 Å². The first-order chi connectivity index (χ1) is 16.1. The highest BCUT2D eigenvalue weighted by Gasteiger charge is 2.15. The Morgan fingerprint density at radius 2 is 1.58 bits per heavy atom.